The molecule has 0 N–H and O–H groups in total. The second-order valence-electron chi connectivity index (χ2n) is 5.28. The summed E-state index contributed by atoms with van der Waals surface area (Å²) in [7, 11) is 0. The molecule has 0 aliphatic carbocycles. The third-order valence-corrected chi connectivity index (χ3v) is 4.18. The smallest absolute Gasteiger partial charge is 0.00731 e. The molecule has 3 aromatic carbocycles. The highest BCUT2D eigenvalue weighted by Crippen LogP contribution is 2.33. The summed E-state index contributed by atoms with van der Waals surface area (Å²) in [4.78, 5) is 0. The van der Waals surface area contributed by atoms with Gasteiger partial charge in [0.25, 0.3) is 0 Å². The average molecular weight is 234 g/mol. The van der Waals surface area contributed by atoms with Crippen LogP contribution in [0.15, 0.2) is 36.4 Å². The van der Waals surface area contributed by atoms with Gasteiger partial charge in [-0.1, -0.05) is 36.4 Å². The predicted octanol–water partition coefficient (Wildman–Crippen LogP) is 5.23. The first-order valence-electron chi connectivity index (χ1n) is 6.48. The number of fused-ring (bicyclic) bond motifs is 3. The summed E-state index contributed by atoms with van der Waals surface area (Å²) in [6, 6.07) is 13.4. The van der Waals surface area contributed by atoms with Gasteiger partial charge in [0, 0.05) is 0 Å². The first kappa shape index (κ1) is 11.3. The molecule has 0 heterocycles. The summed E-state index contributed by atoms with van der Waals surface area (Å²) >= 11 is 0. The van der Waals surface area contributed by atoms with Crippen molar-refractivity contribution in [2.45, 2.75) is 27.7 Å². The Morgan fingerprint density at radius 1 is 0.667 bits per heavy atom. The third kappa shape index (κ3) is 1.45. The number of hydrogen-bond donors (Lipinski definition) is 0. The molecule has 0 saturated heterocycles. The second-order valence-corrected chi connectivity index (χ2v) is 5.28. The predicted molar refractivity (Wildman–Crippen MR) is 80.4 cm³/mol. The molecule has 3 rings (SSSR count). The van der Waals surface area contributed by atoms with E-state index < -0.39 is 0 Å². The van der Waals surface area contributed by atoms with E-state index in [2.05, 4.69) is 64.1 Å². The van der Waals surface area contributed by atoms with E-state index in [9.17, 15) is 0 Å². The number of benzene rings is 3. The zero-order chi connectivity index (χ0) is 12.9. The van der Waals surface area contributed by atoms with Crippen LogP contribution in [0.5, 0.6) is 0 Å². The van der Waals surface area contributed by atoms with Crippen molar-refractivity contribution in [1.29, 1.82) is 0 Å². The maximum atomic E-state index is 2.32. The van der Waals surface area contributed by atoms with Crippen molar-refractivity contribution < 1.29 is 0 Å². The number of rotatable bonds is 0. The van der Waals surface area contributed by atoms with E-state index in [1.54, 1.807) is 0 Å². The Balaban J connectivity index is 2.65. The van der Waals surface area contributed by atoms with Crippen molar-refractivity contribution in [2.24, 2.45) is 0 Å². The third-order valence-electron chi connectivity index (χ3n) is 4.18. The summed E-state index contributed by atoms with van der Waals surface area (Å²) in [5.74, 6) is 0. The van der Waals surface area contributed by atoms with Gasteiger partial charge < -0.3 is 0 Å². The van der Waals surface area contributed by atoms with Gasteiger partial charge in [-0.2, -0.15) is 0 Å². The fourth-order valence-electron chi connectivity index (χ4n) is 2.94. The van der Waals surface area contributed by atoms with Gasteiger partial charge in [0.1, 0.15) is 0 Å². The maximum Gasteiger partial charge on any atom is -0.00731 e. The van der Waals surface area contributed by atoms with Crippen LogP contribution in [0.1, 0.15) is 22.3 Å². The molecule has 0 amide bonds. The van der Waals surface area contributed by atoms with Crippen LogP contribution >= 0.6 is 0 Å². The Morgan fingerprint density at radius 3 is 2.00 bits per heavy atom. The zero-order valence-corrected chi connectivity index (χ0v) is 11.5. The van der Waals surface area contributed by atoms with Crippen LogP contribution in [0.4, 0.5) is 0 Å². The summed E-state index contributed by atoms with van der Waals surface area (Å²) in [5, 5.41) is 5.54. The Hall–Kier alpha value is -1.82. The van der Waals surface area contributed by atoms with Gasteiger partial charge in [-0.15, -0.1) is 0 Å². The van der Waals surface area contributed by atoms with Crippen LogP contribution in [0.3, 0.4) is 0 Å². The van der Waals surface area contributed by atoms with E-state index >= 15 is 0 Å². The molecule has 0 spiro atoms. The number of hydrogen-bond acceptors (Lipinski definition) is 0. The van der Waals surface area contributed by atoms with Gasteiger partial charge in [-0.05, 0) is 71.5 Å². The molecule has 0 nitrogen and oxygen atoms in total. The highest BCUT2D eigenvalue weighted by molar-refractivity contribution is 6.11. The molecule has 0 atom stereocenters. The molecule has 0 heteroatoms. The highest BCUT2D eigenvalue weighted by Gasteiger charge is 2.09. The standard InChI is InChI=1S/C18H18/c1-11-9-15-10-12(2)16-7-5-6-8-17(16)18(15)14(4)13(11)3/h5-10H,1-4H3. The lowest BCUT2D eigenvalue weighted by atomic mass is 9.91. The molecular formula is C18H18. The van der Waals surface area contributed by atoms with Gasteiger partial charge in [-0.3, -0.25) is 0 Å². The molecule has 0 aliphatic rings. The van der Waals surface area contributed by atoms with E-state index in [1.807, 2.05) is 0 Å². The van der Waals surface area contributed by atoms with Gasteiger partial charge in [0.2, 0.25) is 0 Å². The molecular weight excluding hydrogens is 216 g/mol. The Kier molecular flexibility index (Phi) is 2.41. The van der Waals surface area contributed by atoms with Crippen molar-refractivity contribution in [1.82, 2.24) is 0 Å². The molecule has 0 radical (unpaired) electrons. The highest BCUT2D eigenvalue weighted by atomic mass is 14.1. The van der Waals surface area contributed by atoms with Gasteiger partial charge >= 0.3 is 0 Å². The number of aryl methyl sites for hydroxylation is 3. The van der Waals surface area contributed by atoms with Crippen molar-refractivity contribution in [3.63, 3.8) is 0 Å². The first-order chi connectivity index (χ1) is 8.59. The molecule has 0 aromatic heterocycles. The Bertz CT molecular complexity index is 764. The lowest BCUT2D eigenvalue weighted by Crippen LogP contribution is -1.91. The monoisotopic (exact) mass is 234 g/mol. The lowest BCUT2D eigenvalue weighted by molar-refractivity contribution is 1.30. The molecule has 18 heavy (non-hydrogen) atoms. The topological polar surface area (TPSA) is 0 Å². The summed E-state index contributed by atoms with van der Waals surface area (Å²) in [6.07, 6.45) is 0. The van der Waals surface area contributed by atoms with E-state index in [-0.39, 0.29) is 0 Å². The fourth-order valence-corrected chi connectivity index (χ4v) is 2.94. The zero-order valence-electron chi connectivity index (χ0n) is 11.5. The van der Waals surface area contributed by atoms with Crippen LogP contribution in [0.25, 0.3) is 21.5 Å². The van der Waals surface area contributed by atoms with E-state index in [4.69, 9.17) is 0 Å². The Morgan fingerprint density at radius 2 is 1.28 bits per heavy atom. The van der Waals surface area contributed by atoms with Crippen LogP contribution in [-0.2, 0) is 0 Å². The maximum absolute atomic E-state index is 2.32. The Labute approximate surface area is 108 Å². The molecule has 90 valence electrons. The lowest BCUT2D eigenvalue weighted by Gasteiger charge is -2.14. The van der Waals surface area contributed by atoms with Crippen LogP contribution in [0.2, 0.25) is 0 Å². The minimum atomic E-state index is 1.36. The minimum absolute atomic E-state index is 1.36. The van der Waals surface area contributed by atoms with E-state index in [0.29, 0.717) is 0 Å². The molecule has 0 bridgehead atoms. The molecule has 0 aliphatic heterocycles. The summed E-state index contributed by atoms with van der Waals surface area (Å²) < 4.78 is 0. The fraction of sp³-hybridized carbons (Fsp3) is 0.222. The second kappa shape index (κ2) is 3.84. The SMILES string of the molecule is Cc1cc2cc(C)c3ccccc3c2c(C)c1C. The van der Waals surface area contributed by atoms with Gasteiger partial charge in [-0.25, -0.2) is 0 Å². The van der Waals surface area contributed by atoms with Crippen LogP contribution in [0, 0.1) is 27.7 Å². The van der Waals surface area contributed by atoms with Crippen LogP contribution < -0.4 is 0 Å². The quantitative estimate of drug-likeness (QED) is 0.467. The summed E-state index contributed by atoms with van der Waals surface area (Å²) in [6.45, 7) is 8.86. The largest absolute Gasteiger partial charge is 0.0616 e. The van der Waals surface area contributed by atoms with Gasteiger partial charge in [0.05, 0.1) is 0 Å². The van der Waals surface area contributed by atoms with E-state index in [1.165, 1.54) is 43.8 Å². The normalized spacial score (nSPS) is 11.3. The van der Waals surface area contributed by atoms with Crippen molar-refractivity contribution in [3.8, 4) is 0 Å². The molecule has 0 saturated carbocycles. The minimum Gasteiger partial charge on any atom is -0.0616 e. The molecule has 3 aromatic rings. The molecule has 0 fully saturated rings. The van der Waals surface area contributed by atoms with Crippen molar-refractivity contribution in [2.75, 3.05) is 0 Å². The first-order valence-corrected chi connectivity index (χ1v) is 6.48. The van der Waals surface area contributed by atoms with E-state index in [0.717, 1.165) is 0 Å². The van der Waals surface area contributed by atoms with Crippen molar-refractivity contribution >= 4 is 21.5 Å². The summed E-state index contributed by atoms with van der Waals surface area (Å²) in [5.41, 5.74) is 5.58. The van der Waals surface area contributed by atoms with Gasteiger partial charge in [0.15, 0.2) is 0 Å². The molecule has 0 unspecified atom stereocenters. The van der Waals surface area contributed by atoms with Crippen molar-refractivity contribution in [3.05, 3.63) is 58.7 Å². The average Bonchev–Trinajstić information content (AvgIpc) is 2.36. The van der Waals surface area contributed by atoms with Crippen LogP contribution in [-0.4, -0.2) is 0 Å².